The van der Waals surface area contributed by atoms with Gasteiger partial charge < -0.3 is 5.32 Å². The van der Waals surface area contributed by atoms with Gasteiger partial charge >= 0.3 is 0 Å². The SMILES string of the molecule is Cc1nc(C2CC2)c(CNC(C)(C)C)s1. The molecule has 2 rings (SSSR count). The van der Waals surface area contributed by atoms with Crippen LogP contribution in [0, 0.1) is 6.92 Å². The first-order valence-electron chi connectivity index (χ1n) is 5.67. The summed E-state index contributed by atoms with van der Waals surface area (Å²) in [7, 11) is 0. The number of hydrogen-bond donors (Lipinski definition) is 1. The molecule has 15 heavy (non-hydrogen) atoms. The zero-order valence-corrected chi connectivity index (χ0v) is 10.9. The van der Waals surface area contributed by atoms with Crippen molar-refractivity contribution in [2.45, 2.75) is 58.5 Å². The van der Waals surface area contributed by atoms with Gasteiger partial charge in [-0.2, -0.15) is 0 Å². The van der Waals surface area contributed by atoms with E-state index in [4.69, 9.17) is 0 Å². The van der Waals surface area contributed by atoms with Crippen LogP contribution < -0.4 is 5.32 Å². The fourth-order valence-electron chi connectivity index (χ4n) is 1.63. The molecule has 0 atom stereocenters. The first-order chi connectivity index (χ1) is 6.96. The molecule has 1 aliphatic carbocycles. The van der Waals surface area contributed by atoms with Gasteiger partial charge in [0, 0.05) is 22.9 Å². The first-order valence-corrected chi connectivity index (χ1v) is 6.48. The zero-order chi connectivity index (χ0) is 11.1. The average molecular weight is 224 g/mol. The van der Waals surface area contributed by atoms with Gasteiger partial charge in [-0.1, -0.05) is 0 Å². The Morgan fingerprint density at radius 3 is 2.60 bits per heavy atom. The Balaban J connectivity index is 2.06. The van der Waals surface area contributed by atoms with Gasteiger partial charge in [-0.3, -0.25) is 0 Å². The van der Waals surface area contributed by atoms with E-state index in [1.807, 2.05) is 11.3 Å². The molecule has 0 aliphatic heterocycles. The van der Waals surface area contributed by atoms with Crippen molar-refractivity contribution in [3.8, 4) is 0 Å². The molecule has 0 saturated heterocycles. The van der Waals surface area contributed by atoms with Crippen LogP contribution in [-0.2, 0) is 6.54 Å². The highest BCUT2D eigenvalue weighted by Crippen LogP contribution is 2.42. The predicted molar refractivity (Wildman–Crippen MR) is 65.4 cm³/mol. The fourth-order valence-corrected chi connectivity index (χ4v) is 2.59. The van der Waals surface area contributed by atoms with Crippen molar-refractivity contribution in [1.29, 1.82) is 0 Å². The third kappa shape index (κ3) is 3.02. The summed E-state index contributed by atoms with van der Waals surface area (Å²) in [5, 5.41) is 4.76. The lowest BCUT2D eigenvalue weighted by Crippen LogP contribution is -2.35. The van der Waals surface area contributed by atoms with Crippen LogP contribution in [0.15, 0.2) is 0 Å². The molecule has 0 spiro atoms. The first kappa shape index (κ1) is 11.1. The summed E-state index contributed by atoms with van der Waals surface area (Å²) in [6, 6.07) is 0. The van der Waals surface area contributed by atoms with Crippen LogP contribution in [-0.4, -0.2) is 10.5 Å². The van der Waals surface area contributed by atoms with E-state index in [1.165, 1.54) is 28.4 Å². The number of nitrogens with one attached hydrogen (secondary N) is 1. The van der Waals surface area contributed by atoms with Gasteiger partial charge in [0.15, 0.2) is 0 Å². The van der Waals surface area contributed by atoms with Crippen LogP contribution in [0.2, 0.25) is 0 Å². The molecule has 2 nitrogen and oxygen atoms in total. The van der Waals surface area contributed by atoms with E-state index in [2.05, 4.69) is 38.0 Å². The Morgan fingerprint density at radius 1 is 1.40 bits per heavy atom. The van der Waals surface area contributed by atoms with Gasteiger partial charge in [0.25, 0.3) is 0 Å². The van der Waals surface area contributed by atoms with Gasteiger partial charge in [0.2, 0.25) is 0 Å². The molecule has 1 N–H and O–H groups in total. The van der Waals surface area contributed by atoms with Crippen molar-refractivity contribution in [1.82, 2.24) is 10.3 Å². The maximum atomic E-state index is 4.65. The lowest BCUT2D eigenvalue weighted by Gasteiger charge is -2.20. The van der Waals surface area contributed by atoms with Crippen molar-refractivity contribution < 1.29 is 0 Å². The van der Waals surface area contributed by atoms with Gasteiger partial charge in [-0.05, 0) is 40.5 Å². The maximum Gasteiger partial charge on any atom is 0.0900 e. The van der Waals surface area contributed by atoms with Crippen LogP contribution in [0.5, 0.6) is 0 Å². The van der Waals surface area contributed by atoms with E-state index in [-0.39, 0.29) is 5.54 Å². The predicted octanol–water partition coefficient (Wildman–Crippen LogP) is 3.22. The topological polar surface area (TPSA) is 24.9 Å². The van der Waals surface area contributed by atoms with Crippen molar-refractivity contribution in [3.05, 3.63) is 15.6 Å². The molecule has 1 aliphatic rings. The molecule has 1 aromatic heterocycles. The third-order valence-corrected chi connectivity index (χ3v) is 3.56. The lowest BCUT2D eigenvalue weighted by molar-refractivity contribution is 0.425. The molecule has 1 aromatic rings. The summed E-state index contributed by atoms with van der Waals surface area (Å²) in [6.45, 7) is 9.70. The second kappa shape index (κ2) is 3.87. The molecule has 0 bridgehead atoms. The minimum Gasteiger partial charge on any atom is -0.307 e. The second-order valence-corrected chi connectivity index (χ2v) is 6.71. The molecule has 1 heterocycles. The van der Waals surface area contributed by atoms with E-state index in [9.17, 15) is 0 Å². The quantitative estimate of drug-likeness (QED) is 0.852. The summed E-state index contributed by atoms with van der Waals surface area (Å²) in [4.78, 5) is 6.10. The van der Waals surface area contributed by atoms with Crippen LogP contribution in [0.4, 0.5) is 0 Å². The minimum absolute atomic E-state index is 0.193. The smallest absolute Gasteiger partial charge is 0.0900 e. The normalized spacial score (nSPS) is 17.1. The molecule has 0 aromatic carbocycles. The van der Waals surface area contributed by atoms with E-state index < -0.39 is 0 Å². The van der Waals surface area contributed by atoms with Crippen molar-refractivity contribution >= 4 is 11.3 Å². The van der Waals surface area contributed by atoms with Gasteiger partial charge in [0.05, 0.1) is 10.7 Å². The second-order valence-electron chi connectivity index (χ2n) is 5.42. The highest BCUT2D eigenvalue weighted by atomic mass is 32.1. The fraction of sp³-hybridized carbons (Fsp3) is 0.750. The van der Waals surface area contributed by atoms with Crippen molar-refractivity contribution in [3.63, 3.8) is 0 Å². The number of aryl methyl sites for hydroxylation is 1. The van der Waals surface area contributed by atoms with Gasteiger partial charge in [0.1, 0.15) is 0 Å². The van der Waals surface area contributed by atoms with Crippen LogP contribution in [0.25, 0.3) is 0 Å². The molecule has 1 saturated carbocycles. The van der Waals surface area contributed by atoms with E-state index in [1.54, 1.807) is 0 Å². The van der Waals surface area contributed by atoms with Crippen LogP contribution in [0.1, 0.15) is 55.1 Å². The highest BCUT2D eigenvalue weighted by molar-refractivity contribution is 7.11. The van der Waals surface area contributed by atoms with Gasteiger partial charge in [-0.25, -0.2) is 4.98 Å². The zero-order valence-electron chi connectivity index (χ0n) is 10.1. The number of thiazole rings is 1. The Bertz CT molecular complexity index is 345. The van der Waals surface area contributed by atoms with Crippen LogP contribution in [0.3, 0.4) is 0 Å². The highest BCUT2D eigenvalue weighted by Gasteiger charge is 2.29. The number of rotatable bonds is 3. The lowest BCUT2D eigenvalue weighted by atomic mass is 10.1. The van der Waals surface area contributed by atoms with E-state index >= 15 is 0 Å². The summed E-state index contributed by atoms with van der Waals surface area (Å²) >= 11 is 1.85. The molecule has 3 heteroatoms. The Labute approximate surface area is 96.1 Å². The average Bonchev–Trinajstić information content (AvgIpc) is 2.86. The van der Waals surface area contributed by atoms with E-state index in [0.717, 1.165) is 12.5 Å². The molecule has 0 unspecified atom stereocenters. The number of hydrogen-bond acceptors (Lipinski definition) is 3. The van der Waals surface area contributed by atoms with E-state index in [0.29, 0.717) is 0 Å². The Morgan fingerprint density at radius 2 is 2.07 bits per heavy atom. The minimum atomic E-state index is 0.193. The van der Waals surface area contributed by atoms with Crippen LogP contribution >= 0.6 is 11.3 Å². The largest absolute Gasteiger partial charge is 0.307 e. The Kier molecular flexibility index (Phi) is 2.86. The monoisotopic (exact) mass is 224 g/mol. The molecule has 0 amide bonds. The Hall–Kier alpha value is -0.410. The molecular weight excluding hydrogens is 204 g/mol. The summed E-state index contributed by atoms with van der Waals surface area (Å²) in [6.07, 6.45) is 2.68. The standard InChI is InChI=1S/C12H20N2S/c1-8-14-11(9-5-6-9)10(15-8)7-13-12(2,3)4/h9,13H,5-7H2,1-4H3. The molecular formula is C12H20N2S. The summed E-state index contributed by atoms with van der Waals surface area (Å²) < 4.78 is 0. The summed E-state index contributed by atoms with van der Waals surface area (Å²) in [5.41, 5.74) is 1.56. The van der Waals surface area contributed by atoms with Crippen molar-refractivity contribution in [2.24, 2.45) is 0 Å². The van der Waals surface area contributed by atoms with Crippen molar-refractivity contribution in [2.75, 3.05) is 0 Å². The third-order valence-electron chi connectivity index (χ3n) is 2.58. The molecule has 0 radical (unpaired) electrons. The molecule has 84 valence electrons. The summed E-state index contributed by atoms with van der Waals surface area (Å²) in [5.74, 6) is 0.770. The van der Waals surface area contributed by atoms with Gasteiger partial charge in [-0.15, -0.1) is 11.3 Å². The number of aromatic nitrogens is 1. The molecule has 1 fully saturated rings. The number of nitrogens with zero attached hydrogens (tertiary/aromatic N) is 1. The maximum absolute atomic E-state index is 4.65.